The second-order valence-electron chi connectivity index (χ2n) is 8.06. The number of halogens is 1. The van der Waals surface area contributed by atoms with E-state index in [9.17, 15) is 14.7 Å². The summed E-state index contributed by atoms with van der Waals surface area (Å²) in [4.78, 5) is 26.2. The van der Waals surface area contributed by atoms with Crippen LogP contribution in [-0.2, 0) is 22.6 Å². The monoisotopic (exact) mass is 491 g/mol. The summed E-state index contributed by atoms with van der Waals surface area (Å²) >= 11 is 0. The zero-order valence-electron chi connectivity index (χ0n) is 20.3. The van der Waals surface area contributed by atoms with Crippen LogP contribution in [-0.4, -0.2) is 55.0 Å². The Kier molecular flexibility index (Phi) is 11.2. The van der Waals surface area contributed by atoms with Crippen LogP contribution in [0.4, 0.5) is 4.72 Å². The molecule has 1 amide bonds. The number of nitrogens with one attached hydrogen (secondary N) is 1. The minimum absolute atomic E-state index is 0. The Labute approximate surface area is 207 Å². The number of nitrogens with two attached hydrogens (primary N) is 1. The number of hydrogen-bond acceptors (Lipinski definition) is 5. The van der Waals surface area contributed by atoms with Crippen molar-refractivity contribution in [3.05, 3.63) is 64.7 Å². The Morgan fingerprint density at radius 2 is 2.00 bits per heavy atom. The predicted octanol–water partition coefficient (Wildman–Crippen LogP) is 4.00. The molecule has 0 spiro atoms. The van der Waals surface area contributed by atoms with Crippen LogP contribution in [0.5, 0.6) is 5.75 Å². The minimum Gasteiger partial charge on any atom is -0.489 e. The van der Waals surface area contributed by atoms with Crippen LogP contribution in [0.3, 0.4) is 0 Å². The third-order valence-corrected chi connectivity index (χ3v) is 5.74. The predicted molar refractivity (Wildman–Crippen MR) is 134 cm³/mol. The summed E-state index contributed by atoms with van der Waals surface area (Å²) in [5, 5.41) is 16.8. The van der Waals surface area contributed by atoms with Crippen LogP contribution in [0, 0.1) is 5.41 Å². The fraction of sp³-hybridized carbons (Fsp3) is 0.423. The van der Waals surface area contributed by atoms with Gasteiger partial charge in [0, 0.05) is 36.9 Å². The number of rotatable bonds is 12. The Bertz CT molecular complexity index is 1000. The van der Waals surface area contributed by atoms with Gasteiger partial charge in [-0.05, 0) is 55.5 Å². The molecule has 0 aliphatic carbocycles. The van der Waals surface area contributed by atoms with Crippen molar-refractivity contribution in [2.45, 2.75) is 52.7 Å². The molecule has 2 aromatic carbocycles. The van der Waals surface area contributed by atoms with Crippen LogP contribution in [0.25, 0.3) is 0 Å². The number of hydrogen-bond donors (Lipinski definition) is 3. The second-order valence-corrected chi connectivity index (χ2v) is 8.06. The highest BCUT2D eigenvalue weighted by atomic mass is 19.0. The van der Waals surface area contributed by atoms with Gasteiger partial charge in [0.05, 0.1) is 6.42 Å². The number of ether oxygens (including phenoxy) is 2. The van der Waals surface area contributed by atoms with Crippen molar-refractivity contribution in [3.63, 3.8) is 0 Å². The molecule has 35 heavy (non-hydrogen) atoms. The molecule has 0 saturated heterocycles. The fourth-order valence-electron chi connectivity index (χ4n) is 4.00. The van der Waals surface area contributed by atoms with Gasteiger partial charge in [-0.3, -0.25) is 19.7 Å². The molecule has 1 unspecified atom stereocenters. The summed E-state index contributed by atoms with van der Waals surface area (Å²) in [6.07, 6.45) is 1.88. The smallest absolute Gasteiger partial charge is 0.305 e. The van der Waals surface area contributed by atoms with Gasteiger partial charge < -0.3 is 25.2 Å². The molecule has 2 aromatic rings. The Morgan fingerprint density at radius 1 is 1.29 bits per heavy atom. The van der Waals surface area contributed by atoms with Gasteiger partial charge >= 0.3 is 5.97 Å². The van der Waals surface area contributed by atoms with Crippen molar-refractivity contribution in [1.82, 2.24) is 4.90 Å². The molecule has 3 rings (SSSR count). The highest BCUT2D eigenvalue weighted by molar-refractivity contribution is 5.97. The van der Waals surface area contributed by atoms with Crippen LogP contribution >= 0.6 is 0 Å². The first-order valence-electron chi connectivity index (χ1n) is 11.6. The average Bonchev–Trinajstić information content (AvgIpc) is 2.86. The summed E-state index contributed by atoms with van der Waals surface area (Å²) in [6, 6.07) is 12.4. The maximum atomic E-state index is 13.1. The van der Waals surface area contributed by atoms with Crippen LogP contribution in [0.15, 0.2) is 42.5 Å². The van der Waals surface area contributed by atoms with Gasteiger partial charge in [0.2, 0.25) is 0 Å². The molecule has 0 fully saturated rings. The molecule has 0 radical (unpaired) electrons. The lowest BCUT2D eigenvalue weighted by Gasteiger charge is -2.35. The van der Waals surface area contributed by atoms with Crippen LogP contribution in [0.2, 0.25) is 0 Å². The molecule has 0 saturated carbocycles. The summed E-state index contributed by atoms with van der Waals surface area (Å²) in [5.41, 5.74) is 8.59. The third-order valence-electron chi connectivity index (χ3n) is 5.74. The molecule has 4 N–H and O–H groups in total. The first-order valence-corrected chi connectivity index (χ1v) is 11.2. The number of aliphatic carboxylic acids is 1. The topological polar surface area (TPSA) is 126 Å². The van der Waals surface area contributed by atoms with Crippen molar-refractivity contribution in [3.8, 4) is 5.75 Å². The normalized spacial score (nSPS) is 13.4. The highest BCUT2D eigenvalue weighted by Gasteiger charge is 2.31. The first-order chi connectivity index (χ1) is 16.9. The number of nitrogen functional groups attached to an aromatic ring is 1. The van der Waals surface area contributed by atoms with Crippen molar-refractivity contribution >= 4 is 17.7 Å². The lowest BCUT2D eigenvalue weighted by molar-refractivity contribution is -0.138. The molecule has 1 aliphatic heterocycles. The van der Waals surface area contributed by atoms with Gasteiger partial charge in [-0.15, -0.1) is 0 Å². The van der Waals surface area contributed by atoms with Crippen molar-refractivity contribution < 1.29 is 28.9 Å². The molecule has 1 atom stereocenters. The average molecular weight is 492 g/mol. The number of amides is 1. The zero-order valence-corrected chi connectivity index (χ0v) is 19.3. The lowest BCUT2D eigenvalue weighted by Crippen LogP contribution is -2.45. The number of nitrogens with zero attached hydrogens (tertiary/aromatic N) is 1. The van der Waals surface area contributed by atoms with Crippen molar-refractivity contribution in [2.24, 2.45) is 5.73 Å². The van der Waals surface area contributed by atoms with E-state index in [4.69, 9.17) is 25.3 Å². The quantitative estimate of drug-likeness (QED) is 0.234. The number of amidine groups is 1. The van der Waals surface area contributed by atoms with Crippen LogP contribution < -0.4 is 10.5 Å². The molecule has 192 valence electrons. The van der Waals surface area contributed by atoms with E-state index in [1.54, 1.807) is 29.2 Å². The summed E-state index contributed by atoms with van der Waals surface area (Å²) < 4.78 is 24.3. The van der Waals surface area contributed by atoms with E-state index in [1.165, 1.54) is 0 Å². The SMILES string of the molecule is C.CCOCCCC(CC(=O)O)N1CCc2cc(OCc3ccc(C(=N)N)cc3)ccc2C1=O.[3H]F. The molecule has 1 aliphatic rings. The number of carbonyl (C=O) groups excluding carboxylic acids is 1. The van der Waals surface area contributed by atoms with E-state index >= 15 is 0 Å². The third kappa shape index (κ3) is 8.06. The standard InChI is InChI=1S/C25H31N3O5.CH4.FH/c1-2-32-13-3-4-20(15-23(29)30)28-12-11-19-14-21(9-10-22(19)25(28)31)33-16-17-5-7-18(8-6-17)24(26)27;;/h5-10,14,20H,2-4,11-13,15-16H2,1H3,(H3,26,27)(H,29,30);1H4;1H/i/hT. The molecule has 0 bridgehead atoms. The molecule has 9 heteroatoms. The first kappa shape index (κ1) is 27.8. The Morgan fingerprint density at radius 3 is 2.63 bits per heavy atom. The van der Waals surface area contributed by atoms with E-state index < -0.39 is 5.97 Å². The minimum atomic E-state index is -0.907. The van der Waals surface area contributed by atoms with Crippen molar-refractivity contribution in [1.29, 1.82) is 6.86 Å². The Hall–Kier alpha value is -3.46. The van der Waals surface area contributed by atoms with Gasteiger partial charge in [0.1, 0.15) is 18.2 Å². The number of carboxylic acids is 1. The van der Waals surface area contributed by atoms with E-state index in [0.29, 0.717) is 62.5 Å². The largest absolute Gasteiger partial charge is 0.489 e. The second kappa shape index (κ2) is 14.1. The number of benzene rings is 2. The Balaban J connectivity index is 0.00000211. The summed E-state index contributed by atoms with van der Waals surface area (Å²) in [5.74, 6) is -0.347. The van der Waals surface area contributed by atoms with Gasteiger partial charge in [-0.1, -0.05) is 31.7 Å². The van der Waals surface area contributed by atoms with E-state index in [1.807, 2.05) is 25.1 Å². The van der Waals surface area contributed by atoms with Gasteiger partial charge in [-0.2, -0.15) is 0 Å². The molecule has 8 nitrogen and oxygen atoms in total. The fourth-order valence-corrected chi connectivity index (χ4v) is 4.00. The zero-order chi connectivity index (χ0) is 25.8. The summed E-state index contributed by atoms with van der Waals surface area (Å²) in [6.45, 7) is 3.94. The maximum Gasteiger partial charge on any atom is 0.305 e. The van der Waals surface area contributed by atoms with E-state index in [2.05, 4.69) is 1.45 Å². The number of fused-ring (bicyclic) bond motifs is 1. The lowest BCUT2D eigenvalue weighted by atomic mass is 9.95. The molecule has 0 aromatic heterocycles. The van der Waals surface area contributed by atoms with E-state index in [0.717, 1.165) is 11.1 Å². The van der Waals surface area contributed by atoms with E-state index in [-0.39, 0.29) is 31.6 Å². The van der Waals surface area contributed by atoms with Gasteiger partial charge in [0.15, 0.2) is 0 Å². The maximum absolute atomic E-state index is 13.1. The van der Waals surface area contributed by atoms with Gasteiger partial charge in [-0.25, -0.2) is 0 Å². The molecular formula is C26H36FN3O5. The molecule has 1 heterocycles. The highest BCUT2D eigenvalue weighted by Crippen LogP contribution is 2.27. The molecular weight excluding hydrogens is 453 g/mol. The number of carbonyl (C=O) groups is 2. The summed E-state index contributed by atoms with van der Waals surface area (Å²) in [7, 11) is 0. The van der Waals surface area contributed by atoms with Crippen molar-refractivity contribution in [2.75, 3.05) is 19.8 Å². The van der Waals surface area contributed by atoms with Crippen LogP contribution in [0.1, 0.15) is 60.7 Å². The van der Waals surface area contributed by atoms with Gasteiger partial charge in [0.25, 0.3) is 7.36 Å². The number of carboxylic acid groups (broad SMARTS) is 1.